The van der Waals surface area contributed by atoms with Gasteiger partial charge in [0.1, 0.15) is 0 Å². The molecule has 1 saturated heterocycles. The van der Waals surface area contributed by atoms with Crippen molar-refractivity contribution in [3.8, 4) is 11.4 Å². The fourth-order valence-corrected chi connectivity index (χ4v) is 3.44. The SMILES string of the molecule is Cc1cccc(-c2n[nH]c(=S)n2CCC(=O)N2CCCCCC2)c1. The molecule has 1 aromatic heterocycles. The van der Waals surface area contributed by atoms with E-state index in [0.29, 0.717) is 17.7 Å². The van der Waals surface area contributed by atoms with E-state index in [4.69, 9.17) is 12.2 Å². The van der Waals surface area contributed by atoms with E-state index in [2.05, 4.69) is 29.3 Å². The third-order valence-electron chi connectivity index (χ3n) is 4.54. The maximum absolute atomic E-state index is 12.5. The number of rotatable bonds is 4. The van der Waals surface area contributed by atoms with Crippen LogP contribution in [0.3, 0.4) is 0 Å². The van der Waals surface area contributed by atoms with Crippen LogP contribution in [0.4, 0.5) is 0 Å². The highest BCUT2D eigenvalue weighted by molar-refractivity contribution is 7.71. The molecule has 1 aromatic carbocycles. The summed E-state index contributed by atoms with van der Waals surface area (Å²) in [6, 6.07) is 8.16. The first-order valence-electron chi connectivity index (χ1n) is 8.65. The minimum atomic E-state index is 0.218. The van der Waals surface area contributed by atoms with Gasteiger partial charge in [-0.1, -0.05) is 36.6 Å². The van der Waals surface area contributed by atoms with E-state index >= 15 is 0 Å². The van der Waals surface area contributed by atoms with Gasteiger partial charge in [0.05, 0.1) is 0 Å². The van der Waals surface area contributed by atoms with Gasteiger partial charge in [-0.05, 0) is 38.0 Å². The van der Waals surface area contributed by atoms with E-state index in [1.807, 2.05) is 21.6 Å². The first-order valence-corrected chi connectivity index (χ1v) is 9.06. The summed E-state index contributed by atoms with van der Waals surface area (Å²) in [5.41, 5.74) is 2.19. The molecule has 1 amide bonds. The number of nitrogens with zero attached hydrogens (tertiary/aromatic N) is 3. The van der Waals surface area contributed by atoms with Gasteiger partial charge in [0.25, 0.3) is 0 Å². The first-order chi connectivity index (χ1) is 11.6. The van der Waals surface area contributed by atoms with Gasteiger partial charge in [0.15, 0.2) is 10.6 Å². The van der Waals surface area contributed by atoms with Crippen LogP contribution in [-0.4, -0.2) is 38.7 Å². The van der Waals surface area contributed by atoms with Gasteiger partial charge in [-0.2, -0.15) is 5.10 Å². The Kier molecular flexibility index (Phi) is 5.45. The van der Waals surface area contributed by atoms with Crippen LogP contribution < -0.4 is 0 Å². The smallest absolute Gasteiger partial charge is 0.224 e. The number of aryl methyl sites for hydroxylation is 1. The van der Waals surface area contributed by atoms with Crippen molar-refractivity contribution < 1.29 is 4.79 Å². The summed E-state index contributed by atoms with van der Waals surface area (Å²) >= 11 is 5.36. The second-order valence-corrected chi connectivity index (χ2v) is 6.81. The average Bonchev–Trinajstić information content (AvgIpc) is 2.77. The van der Waals surface area contributed by atoms with Crippen molar-refractivity contribution in [2.45, 2.75) is 45.6 Å². The second-order valence-electron chi connectivity index (χ2n) is 6.42. The van der Waals surface area contributed by atoms with Crippen LogP contribution in [0.25, 0.3) is 11.4 Å². The highest BCUT2D eigenvalue weighted by Crippen LogP contribution is 2.19. The lowest BCUT2D eigenvalue weighted by molar-refractivity contribution is -0.131. The molecule has 0 atom stereocenters. The van der Waals surface area contributed by atoms with Gasteiger partial charge in [-0.3, -0.25) is 14.5 Å². The van der Waals surface area contributed by atoms with Gasteiger partial charge in [-0.25, -0.2) is 0 Å². The van der Waals surface area contributed by atoms with Crippen molar-refractivity contribution in [3.63, 3.8) is 0 Å². The number of carbonyl (C=O) groups excluding carboxylic acids is 1. The Hall–Kier alpha value is -1.95. The molecule has 1 N–H and O–H groups in total. The van der Waals surface area contributed by atoms with Crippen molar-refractivity contribution in [2.75, 3.05) is 13.1 Å². The standard InChI is InChI=1S/C18H24N4OS/c1-14-7-6-8-15(13-14)17-19-20-18(24)22(17)12-9-16(23)21-10-4-2-3-5-11-21/h6-8,13H,2-5,9-12H2,1H3,(H,20,24). The number of aromatic nitrogens is 3. The number of H-pyrrole nitrogens is 1. The average molecular weight is 344 g/mol. The van der Waals surface area contributed by atoms with Gasteiger partial charge in [-0.15, -0.1) is 0 Å². The highest BCUT2D eigenvalue weighted by atomic mass is 32.1. The van der Waals surface area contributed by atoms with Crippen molar-refractivity contribution in [2.24, 2.45) is 0 Å². The maximum atomic E-state index is 12.5. The summed E-state index contributed by atoms with van der Waals surface area (Å²) in [5, 5.41) is 7.21. The van der Waals surface area contributed by atoms with Crippen LogP contribution in [0.15, 0.2) is 24.3 Å². The topological polar surface area (TPSA) is 53.9 Å². The molecule has 0 spiro atoms. The number of hydrogen-bond donors (Lipinski definition) is 1. The Morgan fingerprint density at radius 3 is 2.71 bits per heavy atom. The summed E-state index contributed by atoms with van der Waals surface area (Å²) in [7, 11) is 0. The largest absolute Gasteiger partial charge is 0.343 e. The molecule has 0 aliphatic carbocycles. The van der Waals surface area contributed by atoms with Crippen molar-refractivity contribution in [1.29, 1.82) is 0 Å². The van der Waals surface area contributed by atoms with Gasteiger partial charge < -0.3 is 4.90 Å². The molecule has 5 nitrogen and oxygen atoms in total. The number of aromatic amines is 1. The summed E-state index contributed by atoms with van der Waals surface area (Å²) < 4.78 is 2.50. The highest BCUT2D eigenvalue weighted by Gasteiger charge is 2.17. The van der Waals surface area contributed by atoms with E-state index < -0.39 is 0 Å². The Bertz CT molecular complexity index is 756. The van der Waals surface area contributed by atoms with Crippen LogP contribution in [0.5, 0.6) is 0 Å². The van der Waals surface area contributed by atoms with E-state index in [9.17, 15) is 4.79 Å². The van der Waals surface area contributed by atoms with E-state index in [1.54, 1.807) is 0 Å². The maximum Gasteiger partial charge on any atom is 0.224 e. The molecular weight excluding hydrogens is 320 g/mol. The van der Waals surface area contributed by atoms with Crippen molar-refractivity contribution in [1.82, 2.24) is 19.7 Å². The molecule has 0 radical (unpaired) electrons. The molecular formula is C18H24N4OS. The molecule has 3 rings (SSSR count). The Morgan fingerprint density at radius 1 is 1.25 bits per heavy atom. The van der Waals surface area contributed by atoms with Crippen LogP contribution in [0, 0.1) is 11.7 Å². The number of carbonyl (C=O) groups is 1. The minimum Gasteiger partial charge on any atom is -0.343 e. The fourth-order valence-electron chi connectivity index (χ4n) is 3.22. The van der Waals surface area contributed by atoms with Crippen LogP contribution in [0.1, 0.15) is 37.7 Å². The molecule has 0 bridgehead atoms. The lowest BCUT2D eigenvalue weighted by Gasteiger charge is -2.20. The lowest BCUT2D eigenvalue weighted by atomic mass is 10.1. The van der Waals surface area contributed by atoms with Gasteiger partial charge in [0, 0.05) is 31.6 Å². The summed E-state index contributed by atoms with van der Waals surface area (Å²) in [5.74, 6) is 1.02. The number of amides is 1. The molecule has 24 heavy (non-hydrogen) atoms. The molecule has 0 saturated carbocycles. The zero-order chi connectivity index (χ0) is 16.9. The Balaban J connectivity index is 1.72. The number of benzene rings is 1. The summed E-state index contributed by atoms with van der Waals surface area (Å²) in [6.07, 6.45) is 5.16. The molecule has 1 fully saturated rings. The zero-order valence-corrected chi connectivity index (χ0v) is 14.9. The molecule has 2 heterocycles. The summed E-state index contributed by atoms with van der Waals surface area (Å²) in [4.78, 5) is 14.5. The summed E-state index contributed by atoms with van der Waals surface area (Å²) in [6.45, 7) is 4.40. The second kappa shape index (κ2) is 7.75. The lowest BCUT2D eigenvalue weighted by Crippen LogP contribution is -2.32. The number of nitrogens with one attached hydrogen (secondary N) is 1. The monoisotopic (exact) mass is 344 g/mol. The molecule has 6 heteroatoms. The van der Waals surface area contributed by atoms with Gasteiger partial charge >= 0.3 is 0 Å². The van der Waals surface area contributed by atoms with Crippen LogP contribution >= 0.6 is 12.2 Å². The predicted molar refractivity (Wildman–Crippen MR) is 97.2 cm³/mol. The third-order valence-corrected chi connectivity index (χ3v) is 4.85. The molecule has 0 unspecified atom stereocenters. The van der Waals surface area contributed by atoms with E-state index in [1.165, 1.54) is 18.4 Å². The van der Waals surface area contributed by atoms with Crippen LogP contribution in [0.2, 0.25) is 0 Å². The van der Waals surface area contributed by atoms with E-state index in [0.717, 1.165) is 37.3 Å². The third kappa shape index (κ3) is 3.93. The first kappa shape index (κ1) is 16.9. The molecule has 1 aliphatic heterocycles. The Morgan fingerprint density at radius 2 is 2.00 bits per heavy atom. The normalized spacial score (nSPS) is 15.3. The Labute approximate surface area is 147 Å². The number of likely N-dealkylation sites (tertiary alicyclic amines) is 1. The van der Waals surface area contributed by atoms with E-state index in [-0.39, 0.29) is 5.91 Å². The predicted octanol–water partition coefficient (Wildman–Crippen LogP) is 3.71. The van der Waals surface area contributed by atoms with Crippen molar-refractivity contribution in [3.05, 3.63) is 34.6 Å². The number of hydrogen-bond acceptors (Lipinski definition) is 3. The molecule has 1 aliphatic rings. The van der Waals surface area contributed by atoms with Crippen molar-refractivity contribution >= 4 is 18.1 Å². The zero-order valence-electron chi connectivity index (χ0n) is 14.1. The van der Waals surface area contributed by atoms with Gasteiger partial charge in [0.2, 0.25) is 5.91 Å². The fraction of sp³-hybridized carbons (Fsp3) is 0.500. The molecule has 2 aromatic rings. The molecule has 128 valence electrons. The van der Waals surface area contributed by atoms with Crippen LogP contribution in [-0.2, 0) is 11.3 Å². The quantitative estimate of drug-likeness (QED) is 0.860. The minimum absolute atomic E-state index is 0.218.